The number of fused-ring (bicyclic) bond motifs is 1. The molecular formula is C10H12F3NO3. The molecule has 3 atom stereocenters. The van der Waals surface area contributed by atoms with Crippen molar-refractivity contribution in [3.63, 3.8) is 0 Å². The van der Waals surface area contributed by atoms with Crippen LogP contribution in [0.15, 0.2) is 0 Å². The molecule has 0 heterocycles. The Morgan fingerprint density at radius 1 is 1.35 bits per heavy atom. The van der Waals surface area contributed by atoms with Crippen LogP contribution in [0.4, 0.5) is 13.2 Å². The Balaban J connectivity index is 2.19. The summed E-state index contributed by atoms with van der Waals surface area (Å²) in [7, 11) is 1.03. The minimum Gasteiger partial charge on any atom is -0.481 e. The SMILES string of the molecule is CN(C(=O)C(F)(F)F)[C@@H]1CCC2C[C@@]21C(=O)O. The Bertz CT molecular complexity index is 381. The average molecular weight is 251 g/mol. The number of nitrogens with zero attached hydrogens (tertiary/aromatic N) is 1. The number of hydrogen-bond acceptors (Lipinski definition) is 2. The third kappa shape index (κ3) is 1.59. The van der Waals surface area contributed by atoms with Crippen molar-refractivity contribution in [2.24, 2.45) is 11.3 Å². The van der Waals surface area contributed by atoms with Gasteiger partial charge in [0.15, 0.2) is 0 Å². The van der Waals surface area contributed by atoms with Crippen molar-refractivity contribution >= 4 is 11.9 Å². The summed E-state index contributed by atoms with van der Waals surface area (Å²) in [5.74, 6) is -3.13. The summed E-state index contributed by atoms with van der Waals surface area (Å²) in [5, 5.41) is 9.10. The first-order chi connectivity index (χ1) is 7.71. The molecule has 7 heteroatoms. The van der Waals surface area contributed by atoms with Gasteiger partial charge in [-0.1, -0.05) is 0 Å². The minimum atomic E-state index is -4.94. The number of rotatable bonds is 2. The van der Waals surface area contributed by atoms with Crippen LogP contribution in [0, 0.1) is 11.3 Å². The van der Waals surface area contributed by atoms with Gasteiger partial charge < -0.3 is 10.0 Å². The van der Waals surface area contributed by atoms with Gasteiger partial charge in [-0.2, -0.15) is 13.2 Å². The van der Waals surface area contributed by atoms with E-state index in [0.29, 0.717) is 24.2 Å². The predicted octanol–water partition coefficient (Wildman–Crippen LogP) is 1.26. The predicted molar refractivity (Wildman–Crippen MR) is 50.0 cm³/mol. The molecule has 0 aliphatic heterocycles. The Kier molecular flexibility index (Phi) is 2.41. The highest BCUT2D eigenvalue weighted by Gasteiger charge is 2.70. The lowest BCUT2D eigenvalue weighted by Crippen LogP contribution is -2.49. The van der Waals surface area contributed by atoms with Crippen LogP contribution in [0.1, 0.15) is 19.3 Å². The van der Waals surface area contributed by atoms with Crippen molar-refractivity contribution in [2.75, 3.05) is 7.05 Å². The fourth-order valence-electron chi connectivity index (χ4n) is 3.02. The quantitative estimate of drug-likeness (QED) is 0.803. The fourth-order valence-corrected chi connectivity index (χ4v) is 3.02. The summed E-state index contributed by atoms with van der Waals surface area (Å²) >= 11 is 0. The molecule has 96 valence electrons. The molecular weight excluding hydrogens is 239 g/mol. The van der Waals surface area contributed by atoms with E-state index in [-0.39, 0.29) is 5.92 Å². The molecule has 2 saturated carbocycles. The second-order valence-corrected chi connectivity index (χ2v) is 4.75. The summed E-state index contributed by atoms with van der Waals surface area (Å²) in [6.07, 6.45) is -3.66. The number of halogens is 3. The van der Waals surface area contributed by atoms with Crippen LogP contribution in [-0.2, 0) is 9.59 Å². The second-order valence-electron chi connectivity index (χ2n) is 4.75. The Hall–Kier alpha value is -1.27. The molecule has 1 unspecified atom stereocenters. The topological polar surface area (TPSA) is 57.6 Å². The van der Waals surface area contributed by atoms with Crippen LogP contribution in [0.2, 0.25) is 0 Å². The molecule has 0 aromatic carbocycles. The van der Waals surface area contributed by atoms with E-state index in [1.165, 1.54) is 0 Å². The number of carboxylic acid groups (broad SMARTS) is 1. The van der Waals surface area contributed by atoms with E-state index in [2.05, 4.69) is 0 Å². The van der Waals surface area contributed by atoms with Crippen LogP contribution >= 0.6 is 0 Å². The van der Waals surface area contributed by atoms with Crippen molar-refractivity contribution in [1.29, 1.82) is 0 Å². The zero-order chi connectivity index (χ0) is 13.0. The van der Waals surface area contributed by atoms with Gasteiger partial charge in [0.25, 0.3) is 0 Å². The number of carbonyl (C=O) groups excluding carboxylic acids is 1. The second kappa shape index (κ2) is 3.36. The van der Waals surface area contributed by atoms with Crippen LogP contribution in [0.25, 0.3) is 0 Å². The molecule has 0 saturated heterocycles. The fraction of sp³-hybridized carbons (Fsp3) is 0.800. The number of aliphatic carboxylic acids is 1. The van der Waals surface area contributed by atoms with Crippen LogP contribution in [0.3, 0.4) is 0 Å². The molecule has 0 aromatic heterocycles. The van der Waals surface area contributed by atoms with Gasteiger partial charge in [0.1, 0.15) is 0 Å². The van der Waals surface area contributed by atoms with Gasteiger partial charge in [-0.25, -0.2) is 0 Å². The highest BCUT2D eigenvalue weighted by Crippen LogP contribution is 2.65. The molecule has 1 amide bonds. The van der Waals surface area contributed by atoms with Crippen molar-refractivity contribution in [1.82, 2.24) is 4.90 Å². The number of amides is 1. The average Bonchev–Trinajstić information content (AvgIpc) is 2.83. The van der Waals surface area contributed by atoms with E-state index in [9.17, 15) is 22.8 Å². The van der Waals surface area contributed by atoms with Crippen molar-refractivity contribution in [2.45, 2.75) is 31.5 Å². The molecule has 2 fully saturated rings. The monoisotopic (exact) mass is 251 g/mol. The van der Waals surface area contributed by atoms with Gasteiger partial charge in [-0.15, -0.1) is 0 Å². The van der Waals surface area contributed by atoms with Gasteiger partial charge in [0.2, 0.25) is 0 Å². The number of carbonyl (C=O) groups is 2. The van der Waals surface area contributed by atoms with E-state index in [1.807, 2.05) is 0 Å². The van der Waals surface area contributed by atoms with Crippen molar-refractivity contribution in [3.8, 4) is 0 Å². The van der Waals surface area contributed by atoms with E-state index in [4.69, 9.17) is 5.11 Å². The largest absolute Gasteiger partial charge is 0.481 e. The van der Waals surface area contributed by atoms with Gasteiger partial charge in [-0.3, -0.25) is 9.59 Å². The molecule has 2 rings (SSSR count). The molecule has 1 N–H and O–H groups in total. The zero-order valence-corrected chi connectivity index (χ0v) is 9.12. The molecule has 2 aliphatic carbocycles. The van der Waals surface area contributed by atoms with E-state index >= 15 is 0 Å². The lowest BCUT2D eigenvalue weighted by Gasteiger charge is -2.30. The summed E-state index contributed by atoms with van der Waals surface area (Å²) in [6, 6.07) is -0.834. The first-order valence-corrected chi connectivity index (χ1v) is 5.28. The molecule has 2 aliphatic rings. The molecule has 0 radical (unpaired) electrons. The molecule has 0 spiro atoms. The Morgan fingerprint density at radius 3 is 2.35 bits per heavy atom. The van der Waals surface area contributed by atoms with Gasteiger partial charge in [-0.05, 0) is 25.2 Å². The first-order valence-electron chi connectivity index (χ1n) is 5.28. The van der Waals surface area contributed by atoms with E-state index in [0.717, 1.165) is 7.05 Å². The highest BCUT2D eigenvalue weighted by molar-refractivity contribution is 5.85. The molecule has 17 heavy (non-hydrogen) atoms. The van der Waals surface area contributed by atoms with Crippen molar-refractivity contribution in [3.05, 3.63) is 0 Å². The normalized spacial score (nSPS) is 35.3. The number of carboxylic acids is 1. The number of hydrogen-bond donors (Lipinski definition) is 1. The van der Waals surface area contributed by atoms with Crippen LogP contribution < -0.4 is 0 Å². The molecule has 0 bridgehead atoms. The zero-order valence-electron chi connectivity index (χ0n) is 9.12. The first kappa shape index (κ1) is 12.2. The summed E-state index contributed by atoms with van der Waals surface area (Å²) < 4.78 is 36.8. The Labute approximate surface area is 95.4 Å². The third-order valence-corrected chi connectivity index (χ3v) is 3.96. The smallest absolute Gasteiger partial charge is 0.471 e. The maximum atomic E-state index is 12.3. The van der Waals surface area contributed by atoms with Gasteiger partial charge in [0.05, 0.1) is 5.41 Å². The third-order valence-electron chi connectivity index (χ3n) is 3.96. The summed E-state index contributed by atoms with van der Waals surface area (Å²) in [6.45, 7) is 0. The van der Waals surface area contributed by atoms with Crippen molar-refractivity contribution < 1.29 is 27.9 Å². The number of alkyl halides is 3. The van der Waals surface area contributed by atoms with E-state index in [1.54, 1.807) is 0 Å². The van der Waals surface area contributed by atoms with Gasteiger partial charge >= 0.3 is 18.1 Å². The summed E-state index contributed by atoms with van der Waals surface area (Å²) in [5.41, 5.74) is -1.13. The molecule has 0 aromatic rings. The maximum Gasteiger partial charge on any atom is 0.471 e. The lowest BCUT2D eigenvalue weighted by molar-refractivity contribution is -0.188. The van der Waals surface area contributed by atoms with Gasteiger partial charge in [0, 0.05) is 13.1 Å². The lowest BCUT2D eigenvalue weighted by atomic mass is 9.96. The summed E-state index contributed by atoms with van der Waals surface area (Å²) in [4.78, 5) is 22.8. The standard InChI is InChI=1S/C10H12F3NO3/c1-14(7(15)10(11,12)13)6-3-2-5-4-9(5,6)8(16)17/h5-6H,2-4H2,1H3,(H,16,17)/t5?,6-,9-/m1/s1. The molecule has 4 nitrogen and oxygen atoms in total. The van der Waals surface area contributed by atoms with E-state index < -0.39 is 29.5 Å². The highest BCUT2D eigenvalue weighted by atomic mass is 19.4. The maximum absolute atomic E-state index is 12.3. The Morgan fingerprint density at radius 2 is 1.94 bits per heavy atom. The van der Waals surface area contributed by atoms with Crippen LogP contribution in [-0.4, -0.2) is 41.1 Å². The minimum absolute atomic E-state index is 0.0755. The van der Waals surface area contributed by atoms with Crippen LogP contribution in [0.5, 0.6) is 0 Å².